The molecule has 0 aliphatic carbocycles. The number of benzene rings is 1. The van der Waals surface area contributed by atoms with Gasteiger partial charge < -0.3 is 10.1 Å². The maximum absolute atomic E-state index is 5.87. The van der Waals surface area contributed by atoms with E-state index in [4.69, 9.17) is 4.74 Å². The zero-order chi connectivity index (χ0) is 14.8. The topological polar surface area (TPSA) is 24.5 Å². The van der Waals surface area contributed by atoms with Crippen molar-refractivity contribution >= 4 is 15.9 Å². The summed E-state index contributed by atoms with van der Waals surface area (Å²) in [5, 5.41) is 3.68. The third kappa shape index (κ3) is 3.61. The predicted molar refractivity (Wildman–Crippen MR) is 89.9 cm³/mol. The highest BCUT2D eigenvalue weighted by atomic mass is 79.9. The van der Waals surface area contributed by atoms with Crippen LogP contribution in [0.1, 0.15) is 31.4 Å². The first-order valence-corrected chi connectivity index (χ1v) is 8.82. The Bertz CT molecular complexity index is 504. The van der Waals surface area contributed by atoms with E-state index in [9.17, 15) is 0 Å². The summed E-state index contributed by atoms with van der Waals surface area (Å²) in [6.07, 6.45) is 2.26. The van der Waals surface area contributed by atoms with Gasteiger partial charge in [0.15, 0.2) is 0 Å². The van der Waals surface area contributed by atoms with Crippen LogP contribution >= 0.6 is 15.9 Å². The Labute approximate surface area is 136 Å². The van der Waals surface area contributed by atoms with Crippen LogP contribution < -0.4 is 10.1 Å². The van der Waals surface area contributed by atoms with Crippen molar-refractivity contribution in [3.05, 3.63) is 27.7 Å². The molecule has 0 bridgehead atoms. The lowest BCUT2D eigenvalue weighted by molar-refractivity contribution is 0.234. The zero-order valence-corrected chi connectivity index (χ0v) is 14.6. The van der Waals surface area contributed by atoms with Crippen molar-refractivity contribution in [2.45, 2.75) is 39.3 Å². The van der Waals surface area contributed by atoms with Gasteiger partial charge in [-0.2, -0.15) is 0 Å². The summed E-state index contributed by atoms with van der Waals surface area (Å²) >= 11 is 3.64. The molecule has 1 N–H and O–H groups in total. The number of nitrogens with zero attached hydrogens (tertiary/aromatic N) is 1. The van der Waals surface area contributed by atoms with Crippen LogP contribution in [0.4, 0.5) is 0 Å². The molecule has 1 aromatic carbocycles. The van der Waals surface area contributed by atoms with Gasteiger partial charge in [0.25, 0.3) is 0 Å². The average molecular weight is 353 g/mol. The van der Waals surface area contributed by atoms with Gasteiger partial charge in [0.05, 0.1) is 6.61 Å². The lowest BCUT2D eigenvalue weighted by atomic mass is 10.0. The van der Waals surface area contributed by atoms with Crippen molar-refractivity contribution in [1.82, 2.24) is 10.2 Å². The van der Waals surface area contributed by atoms with Crippen molar-refractivity contribution in [3.8, 4) is 5.75 Å². The second-order valence-electron chi connectivity index (χ2n) is 6.54. The van der Waals surface area contributed by atoms with Crippen molar-refractivity contribution in [3.63, 3.8) is 0 Å². The summed E-state index contributed by atoms with van der Waals surface area (Å²) in [6.45, 7) is 9.85. The quantitative estimate of drug-likeness (QED) is 0.903. The van der Waals surface area contributed by atoms with Crippen LogP contribution in [0.25, 0.3) is 0 Å². The fourth-order valence-electron chi connectivity index (χ4n) is 3.32. The van der Waals surface area contributed by atoms with Gasteiger partial charge in [0.2, 0.25) is 0 Å². The minimum atomic E-state index is 0.591. The Morgan fingerprint density at radius 1 is 1.43 bits per heavy atom. The molecule has 3 nitrogen and oxygen atoms in total. The van der Waals surface area contributed by atoms with Crippen LogP contribution in [0.15, 0.2) is 16.6 Å². The van der Waals surface area contributed by atoms with Gasteiger partial charge in [0, 0.05) is 35.6 Å². The summed E-state index contributed by atoms with van der Waals surface area (Å²) in [6, 6.07) is 5.02. The molecule has 21 heavy (non-hydrogen) atoms. The van der Waals surface area contributed by atoms with Crippen LogP contribution in [0.5, 0.6) is 5.75 Å². The number of nitrogens with one attached hydrogen (secondary N) is 1. The summed E-state index contributed by atoms with van der Waals surface area (Å²) in [4.78, 5) is 2.58. The molecule has 1 fully saturated rings. The molecule has 0 saturated carbocycles. The number of ether oxygens (including phenoxy) is 1. The second-order valence-corrected chi connectivity index (χ2v) is 7.46. The van der Waals surface area contributed by atoms with Crippen molar-refractivity contribution in [2.75, 3.05) is 26.2 Å². The Morgan fingerprint density at radius 3 is 3.10 bits per heavy atom. The zero-order valence-electron chi connectivity index (χ0n) is 13.0. The fraction of sp³-hybridized carbons (Fsp3) is 0.647. The molecular formula is C17H25BrN2O. The van der Waals surface area contributed by atoms with E-state index < -0.39 is 0 Å². The third-order valence-corrected chi connectivity index (χ3v) is 4.99. The molecule has 116 valence electrons. The molecule has 1 atom stereocenters. The first-order chi connectivity index (χ1) is 10.1. The maximum atomic E-state index is 5.87. The second kappa shape index (κ2) is 6.67. The van der Waals surface area contributed by atoms with Crippen molar-refractivity contribution in [1.29, 1.82) is 0 Å². The summed E-state index contributed by atoms with van der Waals surface area (Å²) in [7, 11) is 0. The predicted octanol–water partition coefficient (Wildman–Crippen LogP) is 3.20. The van der Waals surface area contributed by atoms with Gasteiger partial charge in [-0.15, -0.1) is 0 Å². The summed E-state index contributed by atoms with van der Waals surface area (Å²) in [5.41, 5.74) is 2.69. The monoisotopic (exact) mass is 352 g/mol. The SMILES string of the molecule is CC(C)C1CN(Cc2cc(Br)cc3c2OCC3)CCCN1. The maximum Gasteiger partial charge on any atom is 0.127 e. The minimum Gasteiger partial charge on any atom is -0.493 e. The van der Waals surface area contributed by atoms with Gasteiger partial charge in [0.1, 0.15) is 5.75 Å². The molecular weight excluding hydrogens is 328 g/mol. The lowest BCUT2D eigenvalue weighted by Crippen LogP contribution is -2.41. The summed E-state index contributed by atoms with van der Waals surface area (Å²) < 4.78 is 7.04. The van der Waals surface area contributed by atoms with E-state index in [-0.39, 0.29) is 0 Å². The average Bonchev–Trinajstić information content (AvgIpc) is 2.77. The number of rotatable bonds is 3. The number of hydrogen-bond donors (Lipinski definition) is 1. The van der Waals surface area contributed by atoms with Crippen LogP contribution in [0, 0.1) is 5.92 Å². The molecule has 0 radical (unpaired) electrons. The Hall–Kier alpha value is -0.580. The molecule has 1 aromatic rings. The van der Waals surface area contributed by atoms with Crippen molar-refractivity contribution < 1.29 is 4.74 Å². The van der Waals surface area contributed by atoms with E-state index in [0.717, 1.165) is 45.0 Å². The van der Waals surface area contributed by atoms with Crippen molar-refractivity contribution in [2.24, 2.45) is 5.92 Å². The molecule has 2 heterocycles. The highest BCUT2D eigenvalue weighted by molar-refractivity contribution is 9.10. The van der Waals surface area contributed by atoms with Crippen LogP contribution in [0.2, 0.25) is 0 Å². The molecule has 2 aliphatic rings. The molecule has 1 unspecified atom stereocenters. The smallest absolute Gasteiger partial charge is 0.127 e. The van der Waals surface area contributed by atoms with E-state index in [1.807, 2.05) is 0 Å². The van der Waals surface area contributed by atoms with Gasteiger partial charge in [-0.3, -0.25) is 4.90 Å². The summed E-state index contributed by atoms with van der Waals surface area (Å²) in [5.74, 6) is 1.81. The van der Waals surface area contributed by atoms with Gasteiger partial charge in [-0.05, 0) is 43.1 Å². The molecule has 1 saturated heterocycles. The number of hydrogen-bond acceptors (Lipinski definition) is 3. The number of fused-ring (bicyclic) bond motifs is 1. The largest absolute Gasteiger partial charge is 0.493 e. The Morgan fingerprint density at radius 2 is 2.29 bits per heavy atom. The fourth-order valence-corrected chi connectivity index (χ4v) is 3.87. The highest BCUT2D eigenvalue weighted by Crippen LogP contribution is 2.34. The Kier molecular flexibility index (Phi) is 4.87. The normalized spacial score (nSPS) is 23.0. The standard InChI is InChI=1S/C17H25BrN2O/c1-12(2)16-11-20(6-3-5-19-16)10-14-9-15(18)8-13-4-7-21-17(13)14/h8-9,12,16,19H,3-7,10-11H2,1-2H3. The highest BCUT2D eigenvalue weighted by Gasteiger charge is 2.23. The molecule has 4 heteroatoms. The first-order valence-electron chi connectivity index (χ1n) is 8.03. The van der Waals surface area contributed by atoms with Crippen LogP contribution in [-0.4, -0.2) is 37.2 Å². The molecule has 0 spiro atoms. The van der Waals surface area contributed by atoms with E-state index in [1.54, 1.807) is 0 Å². The Balaban J connectivity index is 1.76. The molecule has 0 aromatic heterocycles. The van der Waals surface area contributed by atoms with E-state index in [0.29, 0.717) is 12.0 Å². The van der Waals surface area contributed by atoms with Gasteiger partial charge >= 0.3 is 0 Å². The van der Waals surface area contributed by atoms with E-state index in [2.05, 4.69) is 52.1 Å². The minimum absolute atomic E-state index is 0.591. The third-order valence-electron chi connectivity index (χ3n) is 4.54. The van der Waals surface area contributed by atoms with Gasteiger partial charge in [-0.1, -0.05) is 29.8 Å². The number of halogens is 1. The van der Waals surface area contributed by atoms with Gasteiger partial charge in [-0.25, -0.2) is 0 Å². The molecule has 0 amide bonds. The lowest BCUT2D eigenvalue weighted by Gasteiger charge is -2.27. The first kappa shape index (κ1) is 15.3. The van der Waals surface area contributed by atoms with E-state index >= 15 is 0 Å². The molecule has 2 aliphatic heterocycles. The molecule has 3 rings (SSSR count). The van der Waals surface area contributed by atoms with E-state index in [1.165, 1.54) is 22.0 Å². The van der Waals surface area contributed by atoms with Crippen LogP contribution in [0.3, 0.4) is 0 Å². The van der Waals surface area contributed by atoms with Crippen LogP contribution in [-0.2, 0) is 13.0 Å².